The minimum Gasteiger partial charge on any atom is -0.497 e. The summed E-state index contributed by atoms with van der Waals surface area (Å²) in [6.45, 7) is 0. The maximum absolute atomic E-state index is 13.1. The molecule has 7 nitrogen and oxygen atoms in total. The predicted octanol–water partition coefficient (Wildman–Crippen LogP) is 4.99. The highest BCUT2D eigenvalue weighted by Gasteiger charge is 2.18. The average molecular weight is 486 g/mol. The summed E-state index contributed by atoms with van der Waals surface area (Å²) in [7, 11) is -2.34. The van der Waals surface area contributed by atoms with Crippen molar-refractivity contribution in [2.45, 2.75) is 4.90 Å². The molecule has 0 aliphatic carbocycles. The second kappa shape index (κ2) is 8.73. The molecule has 0 saturated carbocycles. The van der Waals surface area contributed by atoms with Gasteiger partial charge in [0.25, 0.3) is 10.0 Å². The number of benzene rings is 4. The predicted molar refractivity (Wildman–Crippen MR) is 134 cm³/mol. The second-order valence-corrected chi connectivity index (χ2v) is 9.52. The normalized spacial score (nSPS) is 11.5. The largest absolute Gasteiger partial charge is 0.497 e. The van der Waals surface area contributed by atoms with Gasteiger partial charge in [-0.2, -0.15) is 0 Å². The van der Waals surface area contributed by atoms with Crippen LogP contribution in [0.4, 0.5) is 5.69 Å². The van der Waals surface area contributed by atoms with Gasteiger partial charge in [-0.25, -0.2) is 13.2 Å². The lowest BCUT2D eigenvalue weighted by Gasteiger charge is -2.09. The van der Waals surface area contributed by atoms with E-state index in [0.29, 0.717) is 16.7 Å². The van der Waals surface area contributed by atoms with Crippen LogP contribution in [0.2, 0.25) is 0 Å². The maximum Gasteiger partial charge on any atom is 0.347 e. The standard InChI is InChI=1S/C27H19NO6S/c1-33-20-11-13-21(14-12-20)35(31,32)28-19-9-6-18(7-10-19)26(29)24-16-23-22-5-3-2-4-17(22)8-15-25(23)34-27(24)30/h2-16,28H,1H3. The third kappa shape index (κ3) is 4.27. The summed E-state index contributed by atoms with van der Waals surface area (Å²) in [6.07, 6.45) is 0. The molecule has 1 heterocycles. The van der Waals surface area contributed by atoms with E-state index in [1.807, 2.05) is 30.3 Å². The van der Waals surface area contributed by atoms with Crippen LogP contribution in [0, 0.1) is 0 Å². The van der Waals surface area contributed by atoms with Crippen molar-refractivity contribution in [2.24, 2.45) is 0 Å². The van der Waals surface area contributed by atoms with Gasteiger partial charge in [0.15, 0.2) is 5.78 Å². The first-order valence-electron chi connectivity index (χ1n) is 10.6. The van der Waals surface area contributed by atoms with Crippen molar-refractivity contribution in [1.29, 1.82) is 0 Å². The third-order valence-corrected chi connectivity index (χ3v) is 7.05. The zero-order valence-electron chi connectivity index (χ0n) is 18.5. The lowest BCUT2D eigenvalue weighted by atomic mass is 10.0. The topological polar surface area (TPSA) is 103 Å². The summed E-state index contributed by atoms with van der Waals surface area (Å²) in [5.41, 5.74) is 0.0641. The maximum atomic E-state index is 13.1. The molecule has 0 fully saturated rings. The molecule has 0 unspecified atom stereocenters. The Morgan fingerprint density at radius 3 is 2.29 bits per heavy atom. The van der Waals surface area contributed by atoms with Crippen LogP contribution in [-0.2, 0) is 10.0 Å². The number of fused-ring (bicyclic) bond motifs is 3. The molecule has 0 aliphatic heterocycles. The molecule has 0 atom stereocenters. The first kappa shape index (κ1) is 22.4. The van der Waals surface area contributed by atoms with E-state index in [1.165, 1.54) is 43.5 Å². The Bertz CT molecular complexity index is 1740. The van der Waals surface area contributed by atoms with Crippen LogP contribution in [0.5, 0.6) is 5.75 Å². The summed E-state index contributed by atoms with van der Waals surface area (Å²) < 4.78 is 38.2. The van der Waals surface area contributed by atoms with E-state index in [-0.39, 0.29) is 21.7 Å². The number of carbonyl (C=O) groups is 1. The minimum absolute atomic E-state index is 0.0689. The van der Waals surface area contributed by atoms with E-state index in [0.717, 1.165) is 10.8 Å². The minimum atomic E-state index is -3.83. The smallest absolute Gasteiger partial charge is 0.347 e. The van der Waals surface area contributed by atoms with E-state index in [4.69, 9.17) is 9.15 Å². The molecule has 4 aromatic carbocycles. The summed E-state index contributed by atoms with van der Waals surface area (Å²) in [5.74, 6) is 0.0242. The highest BCUT2D eigenvalue weighted by atomic mass is 32.2. The molecule has 5 aromatic rings. The molecule has 1 N–H and O–H groups in total. The molecule has 8 heteroatoms. The lowest BCUT2D eigenvalue weighted by molar-refractivity contribution is 0.103. The number of anilines is 1. The van der Waals surface area contributed by atoms with Gasteiger partial charge in [-0.3, -0.25) is 9.52 Å². The summed E-state index contributed by atoms with van der Waals surface area (Å²) in [4.78, 5) is 25.7. The number of ether oxygens (including phenoxy) is 1. The van der Waals surface area contributed by atoms with E-state index in [1.54, 1.807) is 24.3 Å². The molecule has 1 aromatic heterocycles. The Labute approximate surface area is 200 Å². The Kier molecular flexibility index (Phi) is 5.58. The molecule has 0 radical (unpaired) electrons. The van der Waals surface area contributed by atoms with Crippen molar-refractivity contribution >= 4 is 43.2 Å². The Morgan fingerprint density at radius 2 is 1.57 bits per heavy atom. The number of carbonyl (C=O) groups excluding carboxylic acids is 1. The second-order valence-electron chi connectivity index (χ2n) is 7.83. The van der Waals surface area contributed by atoms with E-state index in [9.17, 15) is 18.0 Å². The molecule has 0 saturated heterocycles. The number of hydrogen-bond donors (Lipinski definition) is 1. The molecule has 0 aliphatic rings. The first-order chi connectivity index (χ1) is 16.9. The molecule has 174 valence electrons. The van der Waals surface area contributed by atoms with E-state index >= 15 is 0 Å². The number of ketones is 1. The van der Waals surface area contributed by atoms with Gasteiger partial charge in [-0.15, -0.1) is 0 Å². The Hall–Kier alpha value is -4.43. The highest BCUT2D eigenvalue weighted by Crippen LogP contribution is 2.26. The summed E-state index contributed by atoms with van der Waals surface area (Å²) >= 11 is 0. The zero-order valence-corrected chi connectivity index (χ0v) is 19.3. The fourth-order valence-electron chi connectivity index (χ4n) is 3.84. The number of rotatable bonds is 6. The van der Waals surface area contributed by atoms with Crippen molar-refractivity contribution in [1.82, 2.24) is 0 Å². The van der Waals surface area contributed by atoms with Crippen LogP contribution < -0.4 is 15.1 Å². The average Bonchev–Trinajstić information content (AvgIpc) is 2.88. The first-order valence-corrected chi connectivity index (χ1v) is 12.1. The van der Waals surface area contributed by atoms with Gasteiger partial charge in [0.2, 0.25) is 0 Å². The van der Waals surface area contributed by atoms with Gasteiger partial charge < -0.3 is 9.15 Å². The molecule has 5 rings (SSSR count). The van der Waals surface area contributed by atoms with Gasteiger partial charge >= 0.3 is 5.63 Å². The quantitative estimate of drug-likeness (QED) is 0.207. The molecular formula is C27H19NO6S. The van der Waals surface area contributed by atoms with Crippen LogP contribution >= 0.6 is 0 Å². The van der Waals surface area contributed by atoms with Crippen LogP contribution in [0.15, 0.2) is 105 Å². The SMILES string of the molecule is COc1ccc(S(=O)(=O)Nc2ccc(C(=O)c3cc4c(ccc5ccccc54)oc3=O)cc2)cc1. The van der Waals surface area contributed by atoms with E-state index < -0.39 is 21.4 Å². The highest BCUT2D eigenvalue weighted by molar-refractivity contribution is 7.92. The van der Waals surface area contributed by atoms with Gasteiger partial charge in [0.05, 0.1) is 12.0 Å². The monoisotopic (exact) mass is 485 g/mol. The third-order valence-electron chi connectivity index (χ3n) is 5.66. The molecule has 0 bridgehead atoms. The van der Waals surface area contributed by atoms with Crippen molar-refractivity contribution in [3.63, 3.8) is 0 Å². The fourth-order valence-corrected chi connectivity index (χ4v) is 4.90. The van der Waals surface area contributed by atoms with Crippen LogP contribution in [-0.4, -0.2) is 21.3 Å². The molecule has 35 heavy (non-hydrogen) atoms. The summed E-state index contributed by atoms with van der Waals surface area (Å²) in [6, 6.07) is 24.5. The lowest BCUT2D eigenvalue weighted by Crippen LogP contribution is -2.15. The van der Waals surface area contributed by atoms with Crippen molar-refractivity contribution in [3.05, 3.63) is 113 Å². The fraction of sp³-hybridized carbons (Fsp3) is 0.0370. The number of nitrogens with one attached hydrogen (secondary N) is 1. The number of sulfonamides is 1. The van der Waals surface area contributed by atoms with Crippen LogP contribution in [0.1, 0.15) is 15.9 Å². The van der Waals surface area contributed by atoms with Crippen molar-refractivity contribution < 1.29 is 22.4 Å². The van der Waals surface area contributed by atoms with Crippen molar-refractivity contribution in [2.75, 3.05) is 11.8 Å². The number of hydrogen-bond acceptors (Lipinski definition) is 6. The zero-order chi connectivity index (χ0) is 24.6. The molecule has 0 amide bonds. The van der Waals surface area contributed by atoms with Gasteiger partial charge in [0, 0.05) is 16.6 Å². The molecular weight excluding hydrogens is 466 g/mol. The van der Waals surface area contributed by atoms with Crippen LogP contribution in [0.3, 0.4) is 0 Å². The summed E-state index contributed by atoms with van der Waals surface area (Å²) in [5, 5.41) is 2.49. The van der Waals surface area contributed by atoms with Gasteiger partial charge in [0.1, 0.15) is 16.9 Å². The molecule has 0 spiro atoms. The van der Waals surface area contributed by atoms with Crippen LogP contribution in [0.25, 0.3) is 21.7 Å². The van der Waals surface area contributed by atoms with Gasteiger partial charge in [-0.1, -0.05) is 30.3 Å². The Morgan fingerprint density at radius 1 is 0.857 bits per heavy atom. The van der Waals surface area contributed by atoms with E-state index in [2.05, 4.69) is 4.72 Å². The Balaban J connectivity index is 1.44. The number of methoxy groups -OCH3 is 1. The van der Waals surface area contributed by atoms with Crippen molar-refractivity contribution in [3.8, 4) is 5.75 Å². The van der Waals surface area contributed by atoms with Gasteiger partial charge in [-0.05, 0) is 71.4 Å².